The van der Waals surface area contributed by atoms with Crippen LogP contribution >= 0.6 is 0 Å². The lowest BCUT2D eigenvalue weighted by Gasteiger charge is -2.34. The molecule has 0 spiro atoms. The zero-order valence-corrected chi connectivity index (χ0v) is 17.3. The van der Waals surface area contributed by atoms with Crippen molar-refractivity contribution in [2.75, 3.05) is 7.05 Å². The van der Waals surface area contributed by atoms with Gasteiger partial charge in [-0.15, -0.1) is 0 Å². The van der Waals surface area contributed by atoms with E-state index in [1.807, 2.05) is 27.7 Å². The number of carbonyl (C=O) groups is 3. The number of Topliss-reactive ketones (excluding diaryl/α,β-unsaturated/α-hetero) is 1. The summed E-state index contributed by atoms with van der Waals surface area (Å²) in [6, 6.07) is -0.112. The maximum Gasteiger partial charge on any atom is 0.410 e. The van der Waals surface area contributed by atoms with Gasteiger partial charge >= 0.3 is 6.09 Å². The predicted octanol–water partition coefficient (Wildman–Crippen LogP) is 1.93. The van der Waals surface area contributed by atoms with Crippen molar-refractivity contribution >= 4 is 17.8 Å². The van der Waals surface area contributed by atoms with Crippen LogP contribution in [-0.4, -0.2) is 62.3 Å². The Bertz CT molecular complexity index is 810. The number of ether oxygens (including phenoxy) is 1. The van der Waals surface area contributed by atoms with Gasteiger partial charge in [0.05, 0.1) is 18.8 Å². The fourth-order valence-corrected chi connectivity index (χ4v) is 3.50. The summed E-state index contributed by atoms with van der Waals surface area (Å²) >= 11 is 0. The quantitative estimate of drug-likeness (QED) is 0.763. The highest BCUT2D eigenvalue weighted by Gasteiger charge is 2.39. The number of nitrogens with zero attached hydrogens (tertiary/aromatic N) is 4. The van der Waals surface area contributed by atoms with Crippen LogP contribution in [0.4, 0.5) is 4.79 Å². The molecule has 0 radical (unpaired) electrons. The minimum atomic E-state index is -0.763. The largest absolute Gasteiger partial charge is 0.444 e. The number of amides is 2. The van der Waals surface area contributed by atoms with Crippen molar-refractivity contribution in [1.29, 1.82) is 0 Å². The summed E-state index contributed by atoms with van der Waals surface area (Å²) in [6.07, 6.45) is -0.359. The summed E-state index contributed by atoms with van der Waals surface area (Å²) in [5.74, 6) is -0.469. The Labute approximate surface area is 164 Å². The van der Waals surface area contributed by atoms with E-state index in [9.17, 15) is 14.4 Å². The third-order valence-corrected chi connectivity index (χ3v) is 4.93. The summed E-state index contributed by atoms with van der Waals surface area (Å²) in [5.41, 5.74) is 1.22. The predicted molar refractivity (Wildman–Crippen MR) is 99.4 cm³/mol. The lowest BCUT2D eigenvalue weighted by Crippen LogP contribution is -2.45. The fraction of sp³-hybridized carbons (Fsp3) is 0.684. The van der Waals surface area contributed by atoms with Crippen LogP contribution in [-0.2, 0) is 33.9 Å². The van der Waals surface area contributed by atoms with Gasteiger partial charge < -0.3 is 9.64 Å². The van der Waals surface area contributed by atoms with Gasteiger partial charge in [-0.05, 0) is 27.7 Å². The van der Waals surface area contributed by atoms with Gasteiger partial charge in [0.2, 0.25) is 0 Å². The monoisotopic (exact) mass is 392 g/mol. The molecule has 1 unspecified atom stereocenters. The second-order valence-electron chi connectivity index (χ2n) is 8.33. The molecule has 1 aromatic rings. The van der Waals surface area contributed by atoms with Crippen molar-refractivity contribution in [3.8, 4) is 0 Å². The summed E-state index contributed by atoms with van der Waals surface area (Å²) in [6.45, 7) is 9.54. The van der Waals surface area contributed by atoms with Crippen LogP contribution in [0.3, 0.4) is 0 Å². The molecule has 2 amide bonds. The van der Waals surface area contributed by atoms with Gasteiger partial charge in [-0.3, -0.25) is 19.1 Å². The van der Waals surface area contributed by atoms with E-state index in [4.69, 9.17) is 9.57 Å². The van der Waals surface area contributed by atoms with E-state index in [0.717, 1.165) is 10.8 Å². The highest BCUT2D eigenvalue weighted by molar-refractivity contribution is 5.94. The molecule has 0 fully saturated rings. The minimum Gasteiger partial charge on any atom is -0.444 e. The third kappa shape index (κ3) is 3.76. The van der Waals surface area contributed by atoms with E-state index < -0.39 is 17.8 Å². The van der Waals surface area contributed by atoms with Gasteiger partial charge in [-0.2, -0.15) is 5.10 Å². The van der Waals surface area contributed by atoms with Crippen molar-refractivity contribution in [3.05, 3.63) is 17.0 Å². The molecule has 0 aromatic carbocycles. The fourth-order valence-electron chi connectivity index (χ4n) is 3.50. The molecule has 0 aliphatic carbocycles. The van der Waals surface area contributed by atoms with E-state index >= 15 is 0 Å². The number of rotatable bonds is 2. The molecule has 9 heteroatoms. The Morgan fingerprint density at radius 2 is 2.00 bits per heavy atom. The first-order valence-corrected chi connectivity index (χ1v) is 9.57. The zero-order chi connectivity index (χ0) is 20.8. The number of aromatic nitrogens is 2. The van der Waals surface area contributed by atoms with E-state index in [1.165, 1.54) is 7.05 Å². The molecule has 28 heavy (non-hydrogen) atoms. The van der Waals surface area contributed by atoms with Crippen LogP contribution in [0, 0.1) is 0 Å². The SMILES string of the molecule is CCC(=O)C1Cn2nc3c(c2C(=O)N(C)O1)CN(C(=O)OC(C)(C)C)[C@H](C)C3. The van der Waals surface area contributed by atoms with Crippen LogP contribution in [0.15, 0.2) is 0 Å². The van der Waals surface area contributed by atoms with Crippen LogP contribution in [0.2, 0.25) is 0 Å². The molecule has 3 heterocycles. The van der Waals surface area contributed by atoms with Crippen molar-refractivity contribution in [2.24, 2.45) is 0 Å². The Morgan fingerprint density at radius 1 is 1.32 bits per heavy atom. The van der Waals surface area contributed by atoms with Gasteiger partial charge in [0.25, 0.3) is 5.91 Å². The van der Waals surface area contributed by atoms with E-state index in [-0.39, 0.29) is 30.8 Å². The molecule has 1 aromatic heterocycles. The molecule has 0 saturated carbocycles. The number of fused-ring (bicyclic) bond motifs is 3. The molecular weight excluding hydrogens is 364 g/mol. The first-order valence-electron chi connectivity index (χ1n) is 9.57. The van der Waals surface area contributed by atoms with Gasteiger partial charge in [-0.1, -0.05) is 6.92 Å². The maximum absolute atomic E-state index is 12.9. The number of hydrogen-bond donors (Lipinski definition) is 0. The van der Waals surface area contributed by atoms with Crippen LogP contribution in [0.5, 0.6) is 0 Å². The van der Waals surface area contributed by atoms with E-state index in [0.29, 0.717) is 24.1 Å². The highest BCUT2D eigenvalue weighted by Crippen LogP contribution is 2.29. The molecule has 0 saturated heterocycles. The minimum absolute atomic E-state index is 0.0929. The normalized spacial score (nSPS) is 22.4. The number of hydroxylamine groups is 2. The van der Waals surface area contributed by atoms with Crippen LogP contribution < -0.4 is 0 Å². The topological polar surface area (TPSA) is 94.0 Å². The van der Waals surface area contributed by atoms with Gasteiger partial charge in [0.1, 0.15) is 11.3 Å². The maximum atomic E-state index is 12.9. The molecular formula is C19H28N4O5. The molecule has 154 valence electrons. The van der Waals surface area contributed by atoms with E-state index in [1.54, 1.807) is 16.5 Å². The second-order valence-corrected chi connectivity index (χ2v) is 8.33. The lowest BCUT2D eigenvalue weighted by molar-refractivity contribution is -0.166. The number of hydrogen-bond acceptors (Lipinski definition) is 6. The smallest absolute Gasteiger partial charge is 0.410 e. The summed E-state index contributed by atoms with van der Waals surface area (Å²) in [7, 11) is 1.49. The highest BCUT2D eigenvalue weighted by atomic mass is 16.7. The Hall–Kier alpha value is -2.42. The first kappa shape index (κ1) is 20.3. The summed E-state index contributed by atoms with van der Waals surface area (Å²) in [4.78, 5) is 44.9. The number of ketones is 1. The molecule has 3 rings (SSSR count). The summed E-state index contributed by atoms with van der Waals surface area (Å²) in [5, 5.41) is 5.67. The summed E-state index contributed by atoms with van der Waals surface area (Å²) < 4.78 is 7.07. The van der Waals surface area contributed by atoms with Gasteiger partial charge in [0.15, 0.2) is 11.9 Å². The van der Waals surface area contributed by atoms with Gasteiger partial charge in [0, 0.05) is 31.5 Å². The molecule has 2 atom stereocenters. The van der Waals surface area contributed by atoms with Crippen LogP contribution in [0.1, 0.15) is 62.8 Å². The molecule has 9 nitrogen and oxygen atoms in total. The van der Waals surface area contributed by atoms with Crippen molar-refractivity contribution in [3.63, 3.8) is 0 Å². The standard InChI is InChI=1S/C19H28N4O5/c1-7-14(24)15-10-23-16(17(25)21(6)28-15)12-9-22(11(2)8-13(12)20-23)18(26)27-19(3,4)5/h11,15H,7-10H2,1-6H3/t11-,15?/m1/s1. The first-order chi connectivity index (χ1) is 13.0. The average Bonchev–Trinajstić information content (AvgIpc) is 2.87. The Balaban J connectivity index is 1.95. The molecule has 2 aliphatic heterocycles. The zero-order valence-electron chi connectivity index (χ0n) is 17.3. The van der Waals surface area contributed by atoms with Crippen molar-refractivity contribution in [2.45, 2.75) is 78.3 Å². The lowest BCUT2D eigenvalue weighted by atomic mass is 9.99. The third-order valence-electron chi connectivity index (χ3n) is 4.93. The second kappa shape index (κ2) is 7.20. The Morgan fingerprint density at radius 3 is 2.61 bits per heavy atom. The van der Waals surface area contributed by atoms with Crippen LogP contribution in [0.25, 0.3) is 0 Å². The molecule has 0 bridgehead atoms. The van der Waals surface area contributed by atoms with E-state index in [2.05, 4.69) is 5.10 Å². The van der Waals surface area contributed by atoms with Crippen molar-refractivity contribution in [1.82, 2.24) is 19.7 Å². The number of carbonyl (C=O) groups excluding carboxylic acids is 3. The molecule has 0 N–H and O–H groups in total. The average molecular weight is 392 g/mol. The van der Waals surface area contributed by atoms with Crippen molar-refractivity contribution < 1.29 is 24.0 Å². The molecule has 2 aliphatic rings. The Kier molecular flexibility index (Phi) is 5.22. The van der Waals surface area contributed by atoms with Gasteiger partial charge in [-0.25, -0.2) is 9.86 Å².